The SMILES string of the molecule is CC(CBr)Oc1ccccc1Cl. The maximum Gasteiger partial charge on any atom is 0.138 e. The van der Waals surface area contributed by atoms with Crippen molar-refractivity contribution in [3.63, 3.8) is 0 Å². The van der Waals surface area contributed by atoms with Gasteiger partial charge in [0.05, 0.1) is 5.02 Å². The van der Waals surface area contributed by atoms with Gasteiger partial charge >= 0.3 is 0 Å². The van der Waals surface area contributed by atoms with Crippen LogP contribution in [0.25, 0.3) is 0 Å². The average Bonchev–Trinajstić information content (AvgIpc) is 2.09. The van der Waals surface area contributed by atoms with Crippen molar-refractivity contribution in [3.05, 3.63) is 29.3 Å². The lowest BCUT2D eigenvalue weighted by Crippen LogP contribution is -2.12. The van der Waals surface area contributed by atoms with Crippen molar-refractivity contribution in [2.45, 2.75) is 13.0 Å². The first-order valence-electron chi connectivity index (χ1n) is 3.71. The normalized spacial score (nSPS) is 12.6. The zero-order chi connectivity index (χ0) is 8.97. The maximum atomic E-state index is 5.88. The van der Waals surface area contributed by atoms with E-state index < -0.39 is 0 Å². The second-order valence-corrected chi connectivity index (χ2v) is 3.57. The lowest BCUT2D eigenvalue weighted by molar-refractivity contribution is 0.248. The molecule has 1 rings (SSSR count). The van der Waals surface area contributed by atoms with Gasteiger partial charge in [0.25, 0.3) is 0 Å². The zero-order valence-corrected chi connectivity index (χ0v) is 9.10. The van der Waals surface area contributed by atoms with Gasteiger partial charge in [-0.25, -0.2) is 0 Å². The van der Waals surface area contributed by atoms with Gasteiger partial charge in [0.15, 0.2) is 0 Å². The quantitative estimate of drug-likeness (QED) is 0.745. The summed E-state index contributed by atoms with van der Waals surface area (Å²) in [5.74, 6) is 0.742. The molecule has 0 aromatic heterocycles. The minimum absolute atomic E-state index is 0.143. The Morgan fingerprint density at radius 1 is 1.50 bits per heavy atom. The molecule has 1 aromatic carbocycles. The van der Waals surface area contributed by atoms with Crippen molar-refractivity contribution >= 4 is 27.5 Å². The minimum Gasteiger partial charge on any atom is -0.488 e. The van der Waals surface area contributed by atoms with Crippen LogP contribution in [0.1, 0.15) is 6.92 Å². The summed E-state index contributed by atoms with van der Waals surface area (Å²) in [4.78, 5) is 0. The highest BCUT2D eigenvalue weighted by Crippen LogP contribution is 2.24. The number of alkyl halides is 1. The molecule has 66 valence electrons. The van der Waals surface area contributed by atoms with Crippen LogP contribution >= 0.6 is 27.5 Å². The predicted molar refractivity (Wildman–Crippen MR) is 55.3 cm³/mol. The van der Waals surface area contributed by atoms with Crippen molar-refractivity contribution < 1.29 is 4.74 Å². The van der Waals surface area contributed by atoms with Gasteiger partial charge in [-0.1, -0.05) is 39.7 Å². The van der Waals surface area contributed by atoms with Crippen molar-refractivity contribution in [3.8, 4) is 5.75 Å². The Morgan fingerprint density at radius 2 is 2.17 bits per heavy atom. The largest absolute Gasteiger partial charge is 0.488 e. The van der Waals surface area contributed by atoms with E-state index in [2.05, 4.69) is 15.9 Å². The Labute approximate surface area is 85.8 Å². The summed E-state index contributed by atoms with van der Waals surface area (Å²) in [6.45, 7) is 1.98. The average molecular weight is 250 g/mol. The molecule has 0 heterocycles. The number of rotatable bonds is 3. The Bertz CT molecular complexity index is 252. The lowest BCUT2D eigenvalue weighted by atomic mass is 10.3. The van der Waals surface area contributed by atoms with Gasteiger partial charge in [-0.15, -0.1) is 0 Å². The molecule has 0 fully saturated rings. The van der Waals surface area contributed by atoms with E-state index in [0.717, 1.165) is 11.1 Å². The standard InChI is InChI=1S/C9H10BrClO/c1-7(6-10)12-9-5-3-2-4-8(9)11/h2-5,7H,6H2,1H3. The first kappa shape index (κ1) is 9.87. The Morgan fingerprint density at radius 3 is 2.75 bits per heavy atom. The number of para-hydroxylation sites is 1. The van der Waals surface area contributed by atoms with Crippen molar-refractivity contribution in [1.29, 1.82) is 0 Å². The molecule has 0 saturated carbocycles. The number of hydrogen-bond donors (Lipinski definition) is 0. The first-order chi connectivity index (χ1) is 5.74. The van der Waals surface area contributed by atoms with Crippen molar-refractivity contribution in [1.82, 2.24) is 0 Å². The van der Waals surface area contributed by atoms with Gasteiger partial charge in [-0.05, 0) is 19.1 Å². The lowest BCUT2D eigenvalue weighted by Gasteiger charge is -2.12. The highest BCUT2D eigenvalue weighted by atomic mass is 79.9. The summed E-state index contributed by atoms with van der Waals surface area (Å²) in [6, 6.07) is 7.47. The van der Waals surface area contributed by atoms with Crippen LogP contribution in [0.5, 0.6) is 5.75 Å². The predicted octanol–water partition coefficient (Wildman–Crippen LogP) is 3.50. The smallest absolute Gasteiger partial charge is 0.138 e. The first-order valence-corrected chi connectivity index (χ1v) is 5.21. The van der Waals surface area contributed by atoms with E-state index in [1.165, 1.54) is 0 Å². The molecule has 1 aromatic rings. The van der Waals surface area contributed by atoms with E-state index in [1.807, 2.05) is 31.2 Å². The van der Waals surface area contributed by atoms with Crippen LogP contribution in [0, 0.1) is 0 Å². The Balaban J connectivity index is 2.69. The van der Waals surface area contributed by atoms with Crippen molar-refractivity contribution in [2.24, 2.45) is 0 Å². The van der Waals surface area contributed by atoms with E-state index >= 15 is 0 Å². The molecule has 1 unspecified atom stereocenters. The maximum absolute atomic E-state index is 5.88. The van der Waals surface area contributed by atoms with Crippen molar-refractivity contribution in [2.75, 3.05) is 5.33 Å². The van der Waals surface area contributed by atoms with E-state index in [4.69, 9.17) is 16.3 Å². The molecule has 0 aliphatic rings. The number of benzene rings is 1. The number of hydrogen-bond acceptors (Lipinski definition) is 1. The van der Waals surface area contributed by atoms with Gasteiger partial charge in [-0.3, -0.25) is 0 Å². The highest BCUT2D eigenvalue weighted by Gasteiger charge is 2.04. The van der Waals surface area contributed by atoms with Gasteiger partial charge in [0, 0.05) is 5.33 Å². The van der Waals surface area contributed by atoms with Crippen LogP contribution in [0.2, 0.25) is 5.02 Å². The Hall–Kier alpha value is -0.210. The van der Waals surface area contributed by atoms with E-state index in [1.54, 1.807) is 0 Å². The summed E-state index contributed by atoms with van der Waals surface area (Å²) in [5, 5.41) is 1.46. The van der Waals surface area contributed by atoms with Crippen LogP contribution in [-0.2, 0) is 0 Å². The van der Waals surface area contributed by atoms with Gasteiger partial charge < -0.3 is 4.74 Å². The second-order valence-electron chi connectivity index (χ2n) is 2.51. The molecule has 1 nitrogen and oxygen atoms in total. The molecule has 0 aliphatic carbocycles. The zero-order valence-electron chi connectivity index (χ0n) is 6.76. The van der Waals surface area contributed by atoms with Gasteiger partial charge in [0.2, 0.25) is 0 Å². The van der Waals surface area contributed by atoms with Crippen LogP contribution < -0.4 is 4.74 Å². The molecule has 1 atom stereocenters. The molecule has 0 spiro atoms. The van der Waals surface area contributed by atoms with Gasteiger partial charge in [0.1, 0.15) is 11.9 Å². The summed E-state index contributed by atoms with van der Waals surface area (Å²) in [5.41, 5.74) is 0. The molecule has 3 heteroatoms. The molecule has 0 N–H and O–H groups in total. The van der Waals surface area contributed by atoms with Crippen LogP contribution in [0.3, 0.4) is 0 Å². The third-order valence-corrected chi connectivity index (χ3v) is 2.61. The molecule has 0 amide bonds. The second kappa shape index (κ2) is 4.73. The summed E-state index contributed by atoms with van der Waals surface area (Å²) >= 11 is 9.21. The van der Waals surface area contributed by atoms with Crippen LogP contribution in [0.4, 0.5) is 0 Å². The third-order valence-electron chi connectivity index (χ3n) is 1.38. The fourth-order valence-electron chi connectivity index (χ4n) is 0.789. The van der Waals surface area contributed by atoms with Crippen LogP contribution in [-0.4, -0.2) is 11.4 Å². The molecule has 0 radical (unpaired) electrons. The molecule has 0 bridgehead atoms. The molecule has 12 heavy (non-hydrogen) atoms. The Kier molecular flexibility index (Phi) is 3.89. The molecule has 0 aliphatic heterocycles. The molecular formula is C9H10BrClO. The number of ether oxygens (including phenoxy) is 1. The number of halogens is 2. The minimum atomic E-state index is 0.143. The van der Waals surface area contributed by atoms with Crippen LogP contribution in [0.15, 0.2) is 24.3 Å². The molecular weight excluding hydrogens is 239 g/mol. The van der Waals surface area contributed by atoms with E-state index in [-0.39, 0.29) is 6.10 Å². The highest BCUT2D eigenvalue weighted by molar-refractivity contribution is 9.09. The summed E-state index contributed by atoms with van der Waals surface area (Å²) < 4.78 is 5.52. The van der Waals surface area contributed by atoms with Gasteiger partial charge in [-0.2, -0.15) is 0 Å². The van der Waals surface area contributed by atoms with E-state index in [9.17, 15) is 0 Å². The summed E-state index contributed by atoms with van der Waals surface area (Å²) in [7, 11) is 0. The third kappa shape index (κ3) is 2.68. The monoisotopic (exact) mass is 248 g/mol. The fraction of sp³-hybridized carbons (Fsp3) is 0.333. The molecule has 0 saturated heterocycles. The van der Waals surface area contributed by atoms with E-state index in [0.29, 0.717) is 5.02 Å². The fourth-order valence-corrected chi connectivity index (χ4v) is 1.10. The summed E-state index contributed by atoms with van der Waals surface area (Å²) in [6.07, 6.45) is 0.143. The topological polar surface area (TPSA) is 9.23 Å².